The molecular formula is C11H20N4. The van der Waals surface area contributed by atoms with Crippen LogP contribution in [0.25, 0.3) is 5.65 Å². The van der Waals surface area contributed by atoms with E-state index in [0.29, 0.717) is 0 Å². The molecule has 2 aromatic heterocycles. The second kappa shape index (κ2) is 7.91. The lowest BCUT2D eigenvalue weighted by Gasteiger charge is -1.94. The van der Waals surface area contributed by atoms with E-state index in [9.17, 15) is 0 Å². The lowest BCUT2D eigenvalue weighted by atomic mass is 10.3. The fraction of sp³-hybridized carbons (Fsp3) is 0.545. The van der Waals surface area contributed by atoms with Gasteiger partial charge < -0.3 is 0 Å². The first-order valence-corrected chi connectivity index (χ1v) is 5.54. The maximum absolute atomic E-state index is 4.18. The van der Waals surface area contributed by atoms with Crippen LogP contribution in [0.15, 0.2) is 18.7 Å². The van der Waals surface area contributed by atoms with Crippen molar-refractivity contribution in [1.82, 2.24) is 19.6 Å². The first kappa shape index (κ1) is 13.5. The molecule has 2 heterocycles. The summed E-state index contributed by atoms with van der Waals surface area (Å²) in [6.07, 6.45) is 4.30. The van der Waals surface area contributed by atoms with Crippen LogP contribution in [-0.2, 0) is 6.42 Å². The van der Waals surface area contributed by atoms with E-state index in [2.05, 4.69) is 22.1 Å². The molecule has 4 nitrogen and oxygen atoms in total. The van der Waals surface area contributed by atoms with Gasteiger partial charge in [0.15, 0.2) is 5.65 Å². The molecule has 0 aromatic carbocycles. The second-order valence-electron chi connectivity index (χ2n) is 2.33. The maximum atomic E-state index is 4.18. The highest BCUT2D eigenvalue weighted by Gasteiger charge is 1.95. The molecule has 0 saturated carbocycles. The van der Waals surface area contributed by atoms with Gasteiger partial charge in [-0.3, -0.25) is 4.40 Å². The van der Waals surface area contributed by atoms with Gasteiger partial charge in [0.05, 0.1) is 0 Å². The van der Waals surface area contributed by atoms with Crippen molar-refractivity contribution in [2.24, 2.45) is 0 Å². The zero-order valence-electron chi connectivity index (χ0n) is 10.2. The van der Waals surface area contributed by atoms with Gasteiger partial charge in [-0.1, -0.05) is 34.6 Å². The third kappa shape index (κ3) is 3.65. The summed E-state index contributed by atoms with van der Waals surface area (Å²) in [6.45, 7) is 10.1. The number of nitrogens with zero attached hydrogens (tertiary/aromatic N) is 4. The fourth-order valence-electron chi connectivity index (χ4n) is 0.960. The van der Waals surface area contributed by atoms with Gasteiger partial charge in [0.1, 0.15) is 12.7 Å². The third-order valence-corrected chi connectivity index (χ3v) is 1.61. The smallest absolute Gasteiger partial charge is 0.163 e. The van der Waals surface area contributed by atoms with Gasteiger partial charge in [0.2, 0.25) is 0 Å². The van der Waals surface area contributed by atoms with Gasteiger partial charge in [0.25, 0.3) is 0 Å². The Hall–Kier alpha value is -1.45. The largest absolute Gasteiger partial charge is 0.272 e. The molecule has 2 rings (SSSR count). The Labute approximate surface area is 91.4 Å². The molecular weight excluding hydrogens is 188 g/mol. The van der Waals surface area contributed by atoms with Crippen LogP contribution in [-0.4, -0.2) is 19.6 Å². The van der Waals surface area contributed by atoms with Crippen LogP contribution in [0.5, 0.6) is 0 Å². The summed E-state index contributed by atoms with van der Waals surface area (Å²) < 4.78 is 1.79. The molecule has 4 heteroatoms. The minimum Gasteiger partial charge on any atom is -0.272 e. The Morgan fingerprint density at radius 2 is 1.80 bits per heavy atom. The number of aryl methyl sites for hydroxylation is 1. The zero-order chi connectivity index (χ0) is 11.7. The minimum absolute atomic E-state index is 0.858. The molecule has 0 aliphatic heterocycles. The lowest BCUT2D eigenvalue weighted by molar-refractivity contribution is 0.976. The van der Waals surface area contributed by atoms with Gasteiger partial charge in [-0.05, 0) is 6.42 Å². The van der Waals surface area contributed by atoms with Gasteiger partial charge in [-0.15, -0.1) is 10.2 Å². The van der Waals surface area contributed by atoms with Crippen LogP contribution < -0.4 is 0 Å². The van der Waals surface area contributed by atoms with E-state index in [4.69, 9.17) is 0 Å². The molecule has 0 bridgehead atoms. The summed E-state index contributed by atoms with van der Waals surface area (Å²) >= 11 is 0. The molecule has 2 aromatic rings. The number of rotatable bonds is 1. The van der Waals surface area contributed by atoms with Gasteiger partial charge in [0, 0.05) is 11.8 Å². The van der Waals surface area contributed by atoms with Crippen molar-refractivity contribution in [1.29, 1.82) is 0 Å². The van der Waals surface area contributed by atoms with Crippen molar-refractivity contribution in [2.75, 3.05) is 0 Å². The zero-order valence-corrected chi connectivity index (χ0v) is 10.2. The molecule has 84 valence electrons. The predicted molar refractivity (Wildman–Crippen MR) is 62.9 cm³/mol. The molecule has 0 aliphatic carbocycles. The molecule has 0 unspecified atom stereocenters. The van der Waals surface area contributed by atoms with E-state index in [-0.39, 0.29) is 0 Å². The Balaban J connectivity index is 0.000000442. The van der Waals surface area contributed by atoms with Crippen molar-refractivity contribution >= 4 is 5.65 Å². The molecule has 0 fully saturated rings. The average Bonchev–Trinajstić information content (AvgIpc) is 2.81. The van der Waals surface area contributed by atoms with Crippen molar-refractivity contribution < 1.29 is 0 Å². The molecule has 0 amide bonds. The van der Waals surface area contributed by atoms with Crippen LogP contribution in [0.2, 0.25) is 0 Å². The third-order valence-electron chi connectivity index (χ3n) is 1.61. The Bertz CT molecular complexity index is 367. The van der Waals surface area contributed by atoms with E-state index in [1.165, 1.54) is 0 Å². The van der Waals surface area contributed by atoms with Gasteiger partial charge in [-0.2, -0.15) is 0 Å². The highest BCUT2D eigenvalue weighted by atomic mass is 15.2. The van der Waals surface area contributed by atoms with E-state index >= 15 is 0 Å². The van der Waals surface area contributed by atoms with Crippen molar-refractivity contribution in [2.45, 2.75) is 41.0 Å². The van der Waals surface area contributed by atoms with Crippen LogP contribution in [0.1, 0.15) is 40.3 Å². The molecule has 0 atom stereocenters. The van der Waals surface area contributed by atoms with E-state index in [1.807, 2.05) is 33.8 Å². The van der Waals surface area contributed by atoms with Crippen molar-refractivity contribution in [3.05, 3.63) is 24.4 Å². The second-order valence-corrected chi connectivity index (χ2v) is 2.33. The van der Waals surface area contributed by atoms with E-state index in [1.54, 1.807) is 17.1 Å². The van der Waals surface area contributed by atoms with Crippen molar-refractivity contribution in [3.8, 4) is 0 Å². The molecule has 15 heavy (non-hydrogen) atoms. The summed E-state index contributed by atoms with van der Waals surface area (Å²) in [5.74, 6) is 0. The summed E-state index contributed by atoms with van der Waals surface area (Å²) in [4.78, 5) is 4.18. The first-order valence-electron chi connectivity index (χ1n) is 5.54. The quantitative estimate of drug-likeness (QED) is 0.723. The van der Waals surface area contributed by atoms with Gasteiger partial charge >= 0.3 is 0 Å². The van der Waals surface area contributed by atoms with Crippen LogP contribution in [0, 0.1) is 0 Å². The summed E-state index contributed by atoms with van der Waals surface area (Å²) in [7, 11) is 0. The average molecular weight is 208 g/mol. The van der Waals surface area contributed by atoms with Crippen LogP contribution in [0.3, 0.4) is 0 Å². The number of hydrogen-bond acceptors (Lipinski definition) is 3. The summed E-state index contributed by atoms with van der Waals surface area (Å²) in [5.41, 5.74) is 1.90. The molecule has 0 N–H and O–H groups in total. The number of fused-ring (bicyclic) bond motifs is 1. The SMILES string of the molecule is CC.CC.CCc1cc2nncn2cn1. The normalized spacial score (nSPS) is 8.60. The number of aromatic nitrogens is 4. The standard InChI is InChI=1S/C7H8N4.2C2H6/c1-2-6-3-7-10-9-5-11(7)4-8-6;2*1-2/h3-5H,2H2,1H3;2*1-2H3. The molecule has 0 saturated heterocycles. The van der Waals surface area contributed by atoms with Gasteiger partial charge in [-0.25, -0.2) is 4.98 Å². The highest BCUT2D eigenvalue weighted by molar-refractivity contribution is 5.36. The first-order chi connectivity index (χ1) is 7.40. The summed E-state index contributed by atoms with van der Waals surface area (Å²) in [5, 5.41) is 7.65. The highest BCUT2D eigenvalue weighted by Crippen LogP contribution is 2.00. The topological polar surface area (TPSA) is 43.1 Å². The Kier molecular flexibility index (Phi) is 7.14. The monoisotopic (exact) mass is 208 g/mol. The number of hydrogen-bond donors (Lipinski definition) is 0. The Morgan fingerprint density at radius 1 is 1.13 bits per heavy atom. The molecule has 0 spiro atoms. The Morgan fingerprint density at radius 3 is 2.40 bits per heavy atom. The van der Waals surface area contributed by atoms with E-state index in [0.717, 1.165) is 17.8 Å². The minimum atomic E-state index is 0.858. The van der Waals surface area contributed by atoms with E-state index < -0.39 is 0 Å². The van der Waals surface area contributed by atoms with Crippen LogP contribution >= 0.6 is 0 Å². The lowest BCUT2D eigenvalue weighted by Crippen LogP contribution is -1.90. The van der Waals surface area contributed by atoms with Crippen LogP contribution in [0.4, 0.5) is 0 Å². The predicted octanol–water partition coefficient (Wildman–Crippen LogP) is 2.74. The maximum Gasteiger partial charge on any atom is 0.163 e. The molecule has 0 radical (unpaired) electrons. The summed E-state index contributed by atoms with van der Waals surface area (Å²) in [6, 6.07) is 1.94. The molecule has 0 aliphatic rings. The van der Waals surface area contributed by atoms with Crippen molar-refractivity contribution in [3.63, 3.8) is 0 Å². The fourth-order valence-corrected chi connectivity index (χ4v) is 0.960.